The van der Waals surface area contributed by atoms with Crippen LogP contribution < -0.4 is 10.6 Å². The summed E-state index contributed by atoms with van der Waals surface area (Å²) in [5, 5.41) is 16.6. The molecule has 1 aromatic rings. The first-order valence-electron chi connectivity index (χ1n) is 6.32. The second-order valence-electron chi connectivity index (χ2n) is 4.59. The lowest BCUT2D eigenvalue weighted by molar-refractivity contribution is 0.0691. The minimum absolute atomic E-state index is 0.0632. The SMILES string of the molecule is CCC1CC1NC(=O)NCCc1nc(C(=O)O)cs1. The molecule has 0 radical (unpaired) electrons. The van der Waals surface area contributed by atoms with Gasteiger partial charge in [0, 0.05) is 24.4 Å². The number of carbonyl (C=O) groups is 2. The first-order valence-corrected chi connectivity index (χ1v) is 7.20. The molecule has 7 heteroatoms. The van der Waals surface area contributed by atoms with Crippen molar-refractivity contribution in [1.29, 1.82) is 0 Å². The van der Waals surface area contributed by atoms with Gasteiger partial charge in [-0.2, -0.15) is 0 Å². The van der Waals surface area contributed by atoms with Crippen LogP contribution in [0.4, 0.5) is 4.79 Å². The van der Waals surface area contributed by atoms with Crippen molar-refractivity contribution in [1.82, 2.24) is 15.6 Å². The van der Waals surface area contributed by atoms with Crippen LogP contribution in [-0.2, 0) is 6.42 Å². The van der Waals surface area contributed by atoms with Crippen LogP contribution in [0, 0.1) is 5.92 Å². The van der Waals surface area contributed by atoms with Gasteiger partial charge in [-0.25, -0.2) is 14.6 Å². The number of aromatic carboxylic acids is 1. The monoisotopic (exact) mass is 283 g/mol. The van der Waals surface area contributed by atoms with Crippen LogP contribution in [0.3, 0.4) is 0 Å². The molecular weight excluding hydrogens is 266 g/mol. The van der Waals surface area contributed by atoms with Crippen LogP contribution in [0.2, 0.25) is 0 Å². The van der Waals surface area contributed by atoms with E-state index in [0.29, 0.717) is 24.9 Å². The summed E-state index contributed by atoms with van der Waals surface area (Å²) in [7, 11) is 0. The van der Waals surface area contributed by atoms with Gasteiger partial charge in [0.25, 0.3) is 0 Å². The Bertz CT molecular complexity index is 475. The summed E-state index contributed by atoms with van der Waals surface area (Å²) in [6, 6.07) is 0.166. The lowest BCUT2D eigenvalue weighted by Crippen LogP contribution is -2.38. The van der Waals surface area contributed by atoms with Crippen LogP contribution >= 0.6 is 11.3 Å². The number of urea groups is 1. The fourth-order valence-electron chi connectivity index (χ4n) is 1.90. The molecule has 6 nitrogen and oxygen atoms in total. The van der Waals surface area contributed by atoms with Crippen molar-refractivity contribution in [2.45, 2.75) is 32.2 Å². The van der Waals surface area contributed by atoms with Crippen LogP contribution in [0.1, 0.15) is 35.3 Å². The van der Waals surface area contributed by atoms with Gasteiger partial charge in [-0.05, 0) is 12.3 Å². The zero-order valence-electron chi connectivity index (χ0n) is 10.7. The van der Waals surface area contributed by atoms with E-state index in [9.17, 15) is 9.59 Å². The number of rotatable bonds is 6. The number of carbonyl (C=O) groups excluding carboxylic acids is 1. The highest BCUT2D eigenvalue weighted by molar-refractivity contribution is 7.09. The Morgan fingerprint density at radius 3 is 2.95 bits per heavy atom. The Morgan fingerprint density at radius 2 is 2.37 bits per heavy atom. The van der Waals surface area contributed by atoms with E-state index in [-0.39, 0.29) is 11.7 Å². The summed E-state index contributed by atoms with van der Waals surface area (Å²) in [5.41, 5.74) is 0.0632. The maximum absolute atomic E-state index is 11.5. The third kappa shape index (κ3) is 3.92. The van der Waals surface area contributed by atoms with Gasteiger partial charge in [-0.1, -0.05) is 13.3 Å². The lowest BCUT2D eigenvalue weighted by atomic mass is 10.3. The highest BCUT2D eigenvalue weighted by Crippen LogP contribution is 2.32. The van der Waals surface area contributed by atoms with Crippen molar-refractivity contribution < 1.29 is 14.7 Å². The fourth-order valence-corrected chi connectivity index (χ4v) is 2.67. The topological polar surface area (TPSA) is 91.3 Å². The van der Waals surface area contributed by atoms with Crippen LogP contribution in [-0.4, -0.2) is 34.7 Å². The molecule has 1 saturated carbocycles. The normalized spacial score (nSPS) is 20.9. The molecule has 1 aliphatic rings. The summed E-state index contributed by atoms with van der Waals surface area (Å²) in [6.07, 6.45) is 2.72. The number of nitrogens with zero attached hydrogens (tertiary/aromatic N) is 1. The van der Waals surface area contributed by atoms with Gasteiger partial charge >= 0.3 is 12.0 Å². The molecule has 0 bridgehead atoms. The second kappa shape index (κ2) is 6.01. The molecule has 3 N–H and O–H groups in total. The zero-order valence-corrected chi connectivity index (χ0v) is 11.5. The summed E-state index contributed by atoms with van der Waals surface area (Å²) in [6.45, 7) is 2.58. The summed E-state index contributed by atoms with van der Waals surface area (Å²) in [5.74, 6) is -0.393. The molecule has 2 rings (SSSR count). The van der Waals surface area contributed by atoms with Gasteiger partial charge in [0.05, 0.1) is 5.01 Å². The molecule has 2 amide bonds. The van der Waals surface area contributed by atoms with Crippen molar-refractivity contribution in [2.75, 3.05) is 6.54 Å². The molecule has 1 aliphatic carbocycles. The predicted molar refractivity (Wildman–Crippen MR) is 71.5 cm³/mol. The lowest BCUT2D eigenvalue weighted by Gasteiger charge is -2.05. The summed E-state index contributed by atoms with van der Waals surface area (Å²) in [4.78, 5) is 26.1. The molecule has 0 spiro atoms. The van der Waals surface area contributed by atoms with E-state index >= 15 is 0 Å². The average molecular weight is 283 g/mol. The Balaban J connectivity index is 1.65. The minimum atomic E-state index is -1.02. The summed E-state index contributed by atoms with van der Waals surface area (Å²) < 4.78 is 0. The molecule has 0 aliphatic heterocycles. The van der Waals surface area contributed by atoms with Gasteiger partial charge in [0.15, 0.2) is 5.69 Å². The number of hydrogen-bond acceptors (Lipinski definition) is 4. The van der Waals surface area contributed by atoms with Gasteiger partial charge < -0.3 is 15.7 Å². The first kappa shape index (κ1) is 13.8. The largest absolute Gasteiger partial charge is 0.476 e. The maximum Gasteiger partial charge on any atom is 0.355 e. The number of thiazole rings is 1. The fraction of sp³-hybridized carbons (Fsp3) is 0.583. The van der Waals surface area contributed by atoms with Gasteiger partial charge in [0.2, 0.25) is 0 Å². The Morgan fingerprint density at radius 1 is 1.58 bits per heavy atom. The Kier molecular flexibility index (Phi) is 4.36. The van der Waals surface area contributed by atoms with E-state index in [1.165, 1.54) is 16.7 Å². The quantitative estimate of drug-likeness (QED) is 0.737. The highest BCUT2D eigenvalue weighted by atomic mass is 32.1. The Labute approximate surface area is 115 Å². The maximum atomic E-state index is 11.5. The molecule has 2 unspecified atom stereocenters. The van der Waals surface area contributed by atoms with Crippen molar-refractivity contribution in [3.63, 3.8) is 0 Å². The number of carboxylic acids is 1. The first-order chi connectivity index (χ1) is 9.10. The van der Waals surface area contributed by atoms with E-state index in [0.717, 1.165) is 17.8 Å². The van der Waals surface area contributed by atoms with Gasteiger partial charge in [0.1, 0.15) is 0 Å². The van der Waals surface area contributed by atoms with Crippen LogP contribution in [0.5, 0.6) is 0 Å². The molecule has 19 heavy (non-hydrogen) atoms. The standard InChI is InChI=1S/C12H17N3O3S/c1-2-7-5-8(7)15-12(18)13-4-3-10-14-9(6-19-10)11(16)17/h6-8H,2-5H2,1H3,(H,16,17)(H2,13,15,18). The van der Waals surface area contributed by atoms with Crippen molar-refractivity contribution in [2.24, 2.45) is 5.92 Å². The molecular formula is C12H17N3O3S. The molecule has 104 valence electrons. The minimum Gasteiger partial charge on any atom is -0.476 e. The van der Waals surface area contributed by atoms with E-state index in [1.807, 2.05) is 0 Å². The third-order valence-corrected chi connectivity index (χ3v) is 4.07. The van der Waals surface area contributed by atoms with Crippen molar-refractivity contribution in [3.8, 4) is 0 Å². The average Bonchev–Trinajstić information content (AvgIpc) is 2.93. The molecule has 1 aromatic heterocycles. The van der Waals surface area contributed by atoms with E-state index in [1.54, 1.807) is 0 Å². The van der Waals surface area contributed by atoms with Gasteiger partial charge in [-0.3, -0.25) is 0 Å². The van der Waals surface area contributed by atoms with E-state index in [4.69, 9.17) is 5.11 Å². The number of aromatic nitrogens is 1. The van der Waals surface area contributed by atoms with Crippen LogP contribution in [0.25, 0.3) is 0 Å². The molecule has 1 fully saturated rings. The number of carboxylic acid groups (broad SMARTS) is 1. The van der Waals surface area contributed by atoms with Crippen molar-refractivity contribution >= 4 is 23.3 Å². The van der Waals surface area contributed by atoms with Gasteiger partial charge in [-0.15, -0.1) is 11.3 Å². The molecule has 1 heterocycles. The van der Waals surface area contributed by atoms with Crippen LogP contribution in [0.15, 0.2) is 5.38 Å². The summed E-state index contributed by atoms with van der Waals surface area (Å²) >= 11 is 1.30. The predicted octanol–water partition coefficient (Wildman–Crippen LogP) is 1.48. The smallest absolute Gasteiger partial charge is 0.355 e. The van der Waals surface area contributed by atoms with E-state index in [2.05, 4.69) is 22.5 Å². The Hall–Kier alpha value is -1.63. The third-order valence-electron chi connectivity index (χ3n) is 3.16. The molecule has 0 saturated heterocycles. The molecule has 0 aromatic carbocycles. The molecule has 2 atom stereocenters. The van der Waals surface area contributed by atoms with Crippen molar-refractivity contribution in [3.05, 3.63) is 16.1 Å². The number of hydrogen-bond donors (Lipinski definition) is 3. The zero-order chi connectivity index (χ0) is 13.8. The number of amides is 2. The number of nitrogens with one attached hydrogen (secondary N) is 2. The van der Waals surface area contributed by atoms with E-state index < -0.39 is 5.97 Å². The highest BCUT2D eigenvalue weighted by Gasteiger charge is 2.36. The second-order valence-corrected chi connectivity index (χ2v) is 5.54.